The number of amides is 2. The van der Waals surface area contributed by atoms with Gasteiger partial charge in [-0.1, -0.05) is 60.2 Å². The third-order valence-electron chi connectivity index (χ3n) is 5.66. The Hall–Kier alpha value is -4.19. The highest BCUT2D eigenvalue weighted by molar-refractivity contribution is 6.06. The molecule has 35 heavy (non-hydrogen) atoms. The van der Waals surface area contributed by atoms with Crippen LogP contribution in [0, 0.1) is 6.92 Å². The topological polar surface area (TPSA) is 73.8 Å². The van der Waals surface area contributed by atoms with E-state index in [1.54, 1.807) is 30.3 Å². The highest BCUT2D eigenvalue weighted by Gasteiger charge is 2.15. The summed E-state index contributed by atoms with van der Waals surface area (Å²) < 4.78 is 0. The van der Waals surface area contributed by atoms with Crippen LogP contribution in [-0.4, -0.2) is 30.6 Å². The predicted octanol–water partition coefficient (Wildman–Crippen LogP) is 5.15. The Morgan fingerprint density at radius 1 is 0.857 bits per heavy atom. The summed E-state index contributed by atoms with van der Waals surface area (Å²) in [7, 11) is 0. The van der Waals surface area contributed by atoms with Crippen molar-refractivity contribution in [2.75, 3.05) is 18.0 Å². The minimum atomic E-state index is -0.506. The Morgan fingerprint density at radius 3 is 2.09 bits per heavy atom. The SMILES string of the molecule is CCN(CC)c1ccc(/C=C(/NC(=O)c2ccccc2)C(=O)NN=C(C)c2ccc(C)cc2)cc1. The average Bonchev–Trinajstić information content (AvgIpc) is 2.89. The molecule has 0 aromatic heterocycles. The number of anilines is 1. The fourth-order valence-corrected chi connectivity index (χ4v) is 3.53. The standard InChI is InChI=1S/C29H32N4O2/c1-5-33(6-2)26-18-14-23(15-19-26)20-27(30-28(34)25-10-8-7-9-11-25)29(35)32-31-22(4)24-16-12-21(3)13-17-24/h7-20H,5-6H2,1-4H3,(H,30,34)(H,32,35)/b27-20+,31-22?. The van der Waals surface area contributed by atoms with Gasteiger partial charge in [0, 0.05) is 24.3 Å². The molecule has 180 valence electrons. The summed E-state index contributed by atoms with van der Waals surface area (Å²) >= 11 is 0. The second kappa shape index (κ2) is 12.3. The molecule has 0 atom stereocenters. The summed E-state index contributed by atoms with van der Waals surface area (Å²) in [5.74, 6) is -0.875. The molecule has 0 saturated heterocycles. The van der Waals surface area contributed by atoms with Crippen LogP contribution in [0.2, 0.25) is 0 Å². The molecule has 3 rings (SSSR count). The van der Waals surface area contributed by atoms with E-state index in [-0.39, 0.29) is 11.6 Å². The van der Waals surface area contributed by atoms with Gasteiger partial charge < -0.3 is 10.2 Å². The van der Waals surface area contributed by atoms with Gasteiger partial charge in [-0.05, 0) is 69.2 Å². The molecule has 0 fully saturated rings. The first-order valence-electron chi connectivity index (χ1n) is 11.8. The lowest BCUT2D eigenvalue weighted by Crippen LogP contribution is -2.33. The van der Waals surface area contributed by atoms with E-state index in [1.807, 2.05) is 68.4 Å². The smallest absolute Gasteiger partial charge is 0.287 e. The van der Waals surface area contributed by atoms with Crippen molar-refractivity contribution >= 4 is 29.3 Å². The van der Waals surface area contributed by atoms with Gasteiger partial charge in [0.15, 0.2) is 0 Å². The fraction of sp³-hybridized carbons (Fsp3) is 0.207. The second-order valence-electron chi connectivity index (χ2n) is 8.15. The third kappa shape index (κ3) is 7.14. The molecule has 2 N–H and O–H groups in total. The molecule has 0 heterocycles. The molecule has 6 heteroatoms. The molecule has 0 aliphatic heterocycles. The van der Waals surface area contributed by atoms with E-state index in [0.29, 0.717) is 11.3 Å². The van der Waals surface area contributed by atoms with Crippen LogP contribution in [0.15, 0.2) is 89.7 Å². The van der Waals surface area contributed by atoms with Crippen LogP contribution in [-0.2, 0) is 4.79 Å². The van der Waals surface area contributed by atoms with Gasteiger partial charge in [0.1, 0.15) is 5.70 Å². The van der Waals surface area contributed by atoms with E-state index in [2.05, 4.69) is 34.6 Å². The van der Waals surface area contributed by atoms with Gasteiger partial charge in [0.25, 0.3) is 11.8 Å². The van der Waals surface area contributed by atoms with Crippen LogP contribution in [0.25, 0.3) is 6.08 Å². The van der Waals surface area contributed by atoms with E-state index in [0.717, 1.165) is 35.5 Å². The number of nitrogens with one attached hydrogen (secondary N) is 2. The second-order valence-corrected chi connectivity index (χ2v) is 8.15. The van der Waals surface area contributed by atoms with E-state index in [1.165, 1.54) is 0 Å². The number of hydrogen-bond acceptors (Lipinski definition) is 4. The maximum absolute atomic E-state index is 13.1. The maximum atomic E-state index is 13.1. The van der Waals surface area contributed by atoms with Crippen molar-refractivity contribution in [2.24, 2.45) is 5.10 Å². The molecular formula is C29H32N4O2. The zero-order valence-corrected chi connectivity index (χ0v) is 20.7. The molecule has 0 unspecified atom stereocenters. The summed E-state index contributed by atoms with van der Waals surface area (Å²) in [4.78, 5) is 28.1. The lowest BCUT2D eigenvalue weighted by Gasteiger charge is -2.21. The monoisotopic (exact) mass is 468 g/mol. The molecule has 6 nitrogen and oxygen atoms in total. The van der Waals surface area contributed by atoms with Gasteiger partial charge >= 0.3 is 0 Å². The maximum Gasteiger partial charge on any atom is 0.287 e. The zero-order valence-electron chi connectivity index (χ0n) is 20.7. The Labute approximate surface area is 207 Å². The van der Waals surface area contributed by atoms with Crippen molar-refractivity contribution in [3.63, 3.8) is 0 Å². The first-order chi connectivity index (χ1) is 16.9. The summed E-state index contributed by atoms with van der Waals surface area (Å²) in [5, 5.41) is 6.99. The van der Waals surface area contributed by atoms with Gasteiger partial charge in [-0.15, -0.1) is 0 Å². The average molecular weight is 469 g/mol. The van der Waals surface area contributed by atoms with Crippen LogP contribution in [0.4, 0.5) is 5.69 Å². The van der Waals surface area contributed by atoms with E-state index >= 15 is 0 Å². The van der Waals surface area contributed by atoms with E-state index < -0.39 is 5.91 Å². The molecule has 0 aliphatic rings. The van der Waals surface area contributed by atoms with E-state index in [9.17, 15) is 9.59 Å². The van der Waals surface area contributed by atoms with Gasteiger partial charge in [0.05, 0.1) is 5.71 Å². The highest BCUT2D eigenvalue weighted by Crippen LogP contribution is 2.17. The number of carbonyl (C=O) groups is 2. The van der Waals surface area contributed by atoms with Gasteiger partial charge in [-0.25, -0.2) is 5.43 Å². The summed E-state index contributed by atoms with van der Waals surface area (Å²) in [6, 6.07) is 24.5. The predicted molar refractivity (Wildman–Crippen MR) is 143 cm³/mol. The van der Waals surface area contributed by atoms with Gasteiger partial charge in [-0.2, -0.15) is 5.10 Å². The first-order valence-corrected chi connectivity index (χ1v) is 11.8. The molecule has 3 aromatic rings. The number of rotatable bonds is 9. The first kappa shape index (κ1) is 25.4. The van der Waals surface area contributed by atoms with Crippen LogP contribution in [0.1, 0.15) is 47.8 Å². The van der Waals surface area contributed by atoms with Crippen molar-refractivity contribution in [1.82, 2.24) is 10.7 Å². The normalized spacial score (nSPS) is 11.7. The van der Waals surface area contributed by atoms with Crippen LogP contribution < -0.4 is 15.6 Å². The number of hydrogen-bond donors (Lipinski definition) is 2. The number of benzene rings is 3. The molecule has 0 radical (unpaired) electrons. The number of hydrazone groups is 1. The molecular weight excluding hydrogens is 436 g/mol. The lowest BCUT2D eigenvalue weighted by atomic mass is 10.1. The number of carbonyl (C=O) groups excluding carboxylic acids is 2. The molecule has 0 spiro atoms. The summed E-state index contributed by atoms with van der Waals surface area (Å²) in [6.07, 6.45) is 1.65. The highest BCUT2D eigenvalue weighted by atomic mass is 16.2. The zero-order chi connectivity index (χ0) is 25.2. The van der Waals surface area contributed by atoms with Crippen molar-refractivity contribution in [1.29, 1.82) is 0 Å². The van der Waals surface area contributed by atoms with Crippen molar-refractivity contribution in [3.8, 4) is 0 Å². The Bertz CT molecular complexity index is 1190. The van der Waals surface area contributed by atoms with Crippen molar-refractivity contribution in [2.45, 2.75) is 27.7 Å². The Kier molecular flexibility index (Phi) is 8.95. The van der Waals surface area contributed by atoms with E-state index in [4.69, 9.17) is 0 Å². The van der Waals surface area contributed by atoms with Crippen molar-refractivity contribution in [3.05, 3.63) is 107 Å². The number of aryl methyl sites for hydroxylation is 1. The Balaban J connectivity index is 1.85. The summed E-state index contributed by atoms with van der Waals surface area (Å²) in [6.45, 7) is 9.87. The van der Waals surface area contributed by atoms with Gasteiger partial charge in [0.2, 0.25) is 0 Å². The van der Waals surface area contributed by atoms with Crippen LogP contribution in [0.5, 0.6) is 0 Å². The molecule has 2 amide bonds. The largest absolute Gasteiger partial charge is 0.372 e. The third-order valence-corrected chi connectivity index (χ3v) is 5.66. The quantitative estimate of drug-likeness (QED) is 0.259. The molecule has 0 aliphatic carbocycles. The van der Waals surface area contributed by atoms with Crippen LogP contribution in [0.3, 0.4) is 0 Å². The number of nitrogens with zero attached hydrogens (tertiary/aromatic N) is 2. The van der Waals surface area contributed by atoms with Crippen molar-refractivity contribution < 1.29 is 9.59 Å². The molecule has 3 aromatic carbocycles. The molecule has 0 saturated carbocycles. The van der Waals surface area contributed by atoms with Gasteiger partial charge in [-0.3, -0.25) is 9.59 Å². The summed E-state index contributed by atoms with van der Waals surface area (Å²) in [5.41, 5.74) is 7.75. The minimum absolute atomic E-state index is 0.106. The Morgan fingerprint density at radius 2 is 1.49 bits per heavy atom. The fourth-order valence-electron chi connectivity index (χ4n) is 3.53. The van der Waals surface area contributed by atoms with Crippen LogP contribution >= 0.6 is 0 Å². The molecule has 0 bridgehead atoms. The lowest BCUT2D eigenvalue weighted by molar-refractivity contribution is -0.117. The minimum Gasteiger partial charge on any atom is -0.372 e.